The maximum absolute atomic E-state index is 12.2. The van der Waals surface area contributed by atoms with Gasteiger partial charge in [0, 0.05) is 32.2 Å². The molecule has 0 atom stereocenters. The first kappa shape index (κ1) is 15.5. The molecule has 0 radical (unpaired) electrons. The van der Waals surface area contributed by atoms with E-state index >= 15 is 0 Å². The van der Waals surface area contributed by atoms with E-state index in [1.54, 1.807) is 6.92 Å². The number of hydrogen-bond acceptors (Lipinski definition) is 6. The van der Waals surface area contributed by atoms with E-state index in [4.69, 9.17) is 14.9 Å². The molecule has 0 bridgehead atoms. The molecule has 0 unspecified atom stereocenters. The van der Waals surface area contributed by atoms with Gasteiger partial charge in [0.1, 0.15) is 16.4 Å². The van der Waals surface area contributed by atoms with E-state index in [0.717, 1.165) is 13.1 Å². The number of morpholine rings is 1. The van der Waals surface area contributed by atoms with Crippen molar-refractivity contribution in [3.05, 3.63) is 17.6 Å². The molecule has 0 amide bonds. The quantitative estimate of drug-likeness (QED) is 0.746. The Morgan fingerprint density at radius 3 is 2.70 bits per heavy atom. The highest BCUT2D eigenvalue weighted by atomic mass is 32.2. The Hall–Kier alpha value is -0.930. The molecule has 2 heterocycles. The maximum Gasteiger partial charge on any atom is 0.244 e. The summed E-state index contributed by atoms with van der Waals surface area (Å²) in [4.78, 5) is 2.33. The normalized spacial score (nSPS) is 17.5. The van der Waals surface area contributed by atoms with Crippen molar-refractivity contribution >= 4 is 10.0 Å². The highest BCUT2D eigenvalue weighted by Crippen LogP contribution is 2.19. The van der Waals surface area contributed by atoms with Crippen LogP contribution < -0.4 is 10.5 Å². The van der Waals surface area contributed by atoms with Crippen LogP contribution in [-0.2, 0) is 21.3 Å². The van der Waals surface area contributed by atoms with Gasteiger partial charge in [0.05, 0.1) is 19.8 Å². The number of nitrogens with two attached hydrogens (primary N) is 1. The van der Waals surface area contributed by atoms with Crippen molar-refractivity contribution in [3.63, 3.8) is 0 Å². The molecule has 0 aliphatic carbocycles. The third kappa shape index (κ3) is 3.80. The van der Waals surface area contributed by atoms with Crippen LogP contribution in [0, 0.1) is 6.92 Å². The molecule has 1 aliphatic rings. The summed E-state index contributed by atoms with van der Waals surface area (Å²) in [6.07, 6.45) is 0. The summed E-state index contributed by atoms with van der Waals surface area (Å²) in [6.45, 7) is 5.92. The number of nitrogens with one attached hydrogen (secondary N) is 1. The van der Waals surface area contributed by atoms with Gasteiger partial charge in [0.25, 0.3) is 0 Å². The van der Waals surface area contributed by atoms with Crippen LogP contribution in [0.25, 0.3) is 0 Å². The first-order chi connectivity index (χ1) is 9.53. The van der Waals surface area contributed by atoms with Crippen LogP contribution in [0.2, 0.25) is 0 Å². The Kier molecular flexibility index (Phi) is 5.17. The molecular weight excluding hydrogens is 282 g/mol. The van der Waals surface area contributed by atoms with Crippen LogP contribution in [0.5, 0.6) is 0 Å². The zero-order valence-electron chi connectivity index (χ0n) is 11.6. The van der Waals surface area contributed by atoms with Gasteiger partial charge in [-0.25, -0.2) is 13.1 Å². The third-order valence-corrected chi connectivity index (χ3v) is 4.81. The van der Waals surface area contributed by atoms with Crippen LogP contribution >= 0.6 is 0 Å². The SMILES string of the molecule is Cc1oc(CN)cc1S(=O)(=O)NCCN1CCOCC1. The van der Waals surface area contributed by atoms with E-state index in [0.29, 0.717) is 37.8 Å². The minimum Gasteiger partial charge on any atom is -0.464 e. The van der Waals surface area contributed by atoms with Gasteiger partial charge in [0.15, 0.2) is 0 Å². The summed E-state index contributed by atoms with van der Waals surface area (Å²) in [5.74, 6) is 0.834. The van der Waals surface area contributed by atoms with E-state index in [9.17, 15) is 8.42 Å². The number of nitrogens with zero attached hydrogens (tertiary/aromatic N) is 1. The highest BCUT2D eigenvalue weighted by Gasteiger charge is 2.21. The molecule has 7 nitrogen and oxygen atoms in total. The summed E-state index contributed by atoms with van der Waals surface area (Å²) in [5.41, 5.74) is 5.45. The molecule has 20 heavy (non-hydrogen) atoms. The molecule has 1 aromatic heterocycles. The van der Waals surface area contributed by atoms with Gasteiger partial charge in [-0.05, 0) is 6.92 Å². The summed E-state index contributed by atoms with van der Waals surface area (Å²) in [7, 11) is -3.54. The molecule has 8 heteroatoms. The monoisotopic (exact) mass is 303 g/mol. The Labute approximate surface area is 119 Å². The molecular formula is C12H21N3O4S. The Morgan fingerprint density at radius 1 is 1.40 bits per heavy atom. The second-order valence-electron chi connectivity index (χ2n) is 4.69. The fraction of sp³-hybridized carbons (Fsp3) is 0.667. The zero-order valence-corrected chi connectivity index (χ0v) is 12.4. The number of ether oxygens (including phenoxy) is 1. The molecule has 1 fully saturated rings. The van der Waals surface area contributed by atoms with Crippen molar-refractivity contribution in [1.29, 1.82) is 0 Å². The Bertz CT molecular complexity index is 535. The average Bonchev–Trinajstić information content (AvgIpc) is 2.82. The molecule has 0 spiro atoms. The smallest absolute Gasteiger partial charge is 0.244 e. The number of rotatable bonds is 6. The second kappa shape index (κ2) is 6.68. The minimum atomic E-state index is -3.54. The van der Waals surface area contributed by atoms with Crippen molar-refractivity contribution in [2.24, 2.45) is 5.73 Å². The second-order valence-corrected chi connectivity index (χ2v) is 6.42. The van der Waals surface area contributed by atoms with Crippen LogP contribution in [-0.4, -0.2) is 52.7 Å². The summed E-state index contributed by atoms with van der Waals surface area (Å²) < 4.78 is 37.4. The number of hydrogen-bond donors (Lipinski definition) is 2. The van der Waals surface area contributed by atoms with Gasteiger partial charge >= 0.3 is 0 Å². The highest BCUT2D eigenvalue weighted by molar-refractivity contribution is 7.89. The topological polar surface area (TPSA) is 97.8 Å². The fourth-order valence-corrected chi connectivity index (χ4v) is 3.35. The van der Waals surface area contributed by atoms with Gasteiger partial charge in [-0.2, -0.15) is 0 Å². The summed E-state index contributed by atoms with van der Waals surface area (Å²) in [5, 5.41) is 0. The molecule has 114 valence electrons. The van der Waals surface area contributed by atoms with Crippen LogP contribution in [0.15, 0.2) is 15.4 Å². The molecule has 1 aromatic rings. The van der Waals surface area contributed by atoms with Gasteiger partial charge < -0.3 is 14.9 Å². The maximum atomic E-state index is 12.2. The van der Waals surface area contributed by atoms with Crippen molar-refractivity contribution < 1.29 is 17.6 Å². The van der Waals surface area contributed by atoms with Crippen LogP contribution in [0.4, 0.5) is 0 Å². The minimum absolute atomic E-state index is 0.167. The van der Waals surface area contributed by atoms with Crippen molar-refractivity contribution in [2.45, 2.75) is 18.4 Å². The first-order valence-electron chi connectivity index (χ1n) is 6.62. The van der Waals surface area contributed by atoms with Crippen molar-refractivity contribution in [2.75, 3.05) is 39.4 Å². The predicted octanol–water partition coefficient (Wildman–Crippen LogP) is -0.343. The Morgan fingerprint density at radius 2 is 2.10 bits per heavy atom. The largest absolute Gasteiger partial charge is 0.464 e. The summed E-state index contributed by atoms with van der Waals surface area (Å²) in [6, 6.07) is 1.48. The first-order valence-corrected chi connectivity index (χ1v) is 8.10. The standard InChI is InChI=1S/C12H21N3O4S/c1-10-12(8-11(9-13)19-10)20(16,17)14-2-3-15-4-6-18-7-5-15/h8,14H,2-7,9,13H2,1H3. The lowest BCUT2D eigenvalue weighted by atomic mass is 10.4. The lowest BCUT2D eigenvalue weighted by Crippen LogP contribution is -2.41. The van der Waals surface area contributed by atoms with E-state index < -0.39 is 10.0 Å². The van der Waals surface area contributed by atoms with E-state index in [2.05, 4.69) is 9.62 Å². The van der Waals surface area contributed by atoms with Gasteiger partial charge in [-0.1, -0.05) is 0 Å². The molecule has 0 saturated carbocycles. The average molecular weight is 303 g/mol. The number of furan rings is 1. The van der Waals surface area contributed by atoms with Crippen molar-refractivity contribution in [3.8, 4) is 0 Å². The lowest BCUT2D eigenvalue weighted by Gasteiger charge is -2.26. The van der Waals surface area contributed by atoms with E-state index in [1.807, 2.05) is 0 Å². The Balaban J connectivity index is 1.91. The predicted molar refractivity (Wildman–Crippen MR) is 73.8 cm³/mol. The van der Waals surface area contributed by atoms with Gasteiger partial charge in [0.2, 0.25) is 10.0 Å². The molecule has 1 aliphatic heterocycles. The van der Waals surface area contributed by atoms with Crippen LogP contribution in [0.3, 0.4) is 0 Å². The van der Waals surface area contributed by atoms with E-state index in [-0.39, 0.29) is 11.4 Å². The van der Waals surface area contributed by atoms with Gasteiger partial charge in [-0.3, -0.25) is 4.90 Å². The lowest BCUT2D eigenvalue weighted by molar-refractivity contribution is 0.0390. The van der Waals surface area contributed by atoms with Gasteiger partial charge in [-0.15, -0.1) is 0 Å². The van der Waals surface area contributed by atoms with Crippen LogP contribution in [0.1, 0.15) is 11.5 Å². The fourth-order valence-electron chi connectivity index (χ4n) is 2.13. The zero-order chi connectivity index (χ0) is 14.6. The van der Waals surface area contributed by atoms with Crippen molar-refractivity contribution in [1.82, 2.24) is 9.62 Å². The molecule has 2 rings (SSSR count). The molecule has 0 aromatic carbocycles. The summed E-state index contributed by atoms with van der Waals surface area (Å²) >= 11 is 0. The number of aryl methyl sites for hydroxylation is 1. The molecule has 1 saturated heterocycles. The third-order valence-electron chi connectivity index (χ3n) is 3.24. The number of sulfonamides is 1. The van der Waals surface area contributed by atoms with E-state index in [1.165, 1.54) is 6.07 Å². The molecule has 3 N–H and O–H groups in total.